The number of anilines is 2. The molecule has 1 heterocycles. The average Bonchev–Trinajstić information content (AvgIpc) is 2.37. The number of nitrogens with one attached hydrogen (secondary N) is 2. The molecule has 1 aromatic heterocycles. The highest BCUT2D eigenvalue weighted by atomic mass is 16.5. The van der Waals surface area contributed by atoms with Gasteiger partial charge in [-0.05, 0) is 6.92 Å². The Kier molecular flexibility index (Phi) is 2.93. The number of ether oxygens (including phenoxy) is 1. The van der Waals surface area contributed by atoms with Crippen LogP contribution in [0.4, 0.5) is 11.5 Å². The van der Waals surface area contributed by atoms with E-state index in [0.717, 1.165) is 5.69 Å². The highest BCUT2D eigenvalue weighted by molar-refractivity contribution is 5.60. The van der Waals surface area contributed by atoms with Crippen molar-refractivity contribution in [1.82, 2.24) is 10.2 Å². The van der Waals surface area contributed by atoms with E-state index in [9.17, 15) is 0 Å². The molecule has 0 bridgehead atoms. The minimum Gasteiger partial charge on any atom is -0.383 e. The van der Waals surface area contributed by atoms with E-state index in [1.54, 1.807) is 13.3 Å². The summed E-state index contributed by atoms with van der Waals surface area (Å²) in [5.41, 5.74) is 6.38. The van der Waals surface area contributed by atoms with Gasteiger partial charge in [-0.3, -0.25) is 5.10 Å². The fourth-order valence-corrected chi connectivity index (χ4v) is 0.968. The Hall–Kier alpha value is -1.23. The van der Waals surface area contributed by atoms with Crippen molar-refractivity contribution in [2.24, 2.45) is 0 Å². The molecule has 0 aliphatic carbocycles. The van der Waals surface area contributed by atoms with Crippen molar-refractivity contribution in [2.45, 2.75) is 13.0 Å². The Morgan fingerprint density at radius 1 is 1.83 bits per heavy atom. The first-order chi connectivity index (χ1) is 5.74. The molecule has 4 N–H and O–H groups in total. The maximum absolute atomic E-state index is 5.56. The predicted octanol–water partition coefficient (Wildman–Crippen LogP) is 0.439. The van der Waals surface area contributed by atoms with E-state index in [2.05, 4.69) is 15.5 Å². The van der Waals surface area contributed by atoms with Crippen molar-refractivity contribution in [3.05, 3.63) is 6.20 Å². The minimum atomic E-state index is 0.231. The lowest BCUT2D eigenvalue weighted by Crippen LogP contribution is -2.20. The van der Waals surface area contributed by atoms with E-state index in [0.29, 0.717) is 12.4 Å². The van der Waals surface area contributed by atoms with Crippen LogP contribution in [0.3, 0.4) is 0 Å². The molecule has 0 aliphatic rings. The van der Waals surface area contributed by atoms with Gasteiger partial charge >= 0.3 is 0 Å². The molecule has 0 amide bonds. The normalized spacial score (nSPS) is 12.8. The summed E-state index contributed by atoms with van der Waals surface area (Å²) in [6.07, 6.45) is 1.65. The van der Waals surface area contributed by atoms with Gasteiger partial charge in [-0.2, -0.15) is 5.10 Å². The number of nitrogens with two attached hydrogens (primary N) is 1. The summed E-state index contributed by atoms with van der Waals surface area (Å²) in [6.45, 7) is 2.65. The van der Waals surface area contributed by atoms with E-state index in [1.807, 2.05) is 6.92 Å². The number of aromatic amines is 1. The largest absolute Gasteiger partial charge is 0.383 e. The van der Waals surface area contributed by atoms with Crippen LogP contribution in [0.2, 0.25) is 0 Å². The van der Waals surface area contributed by atoms with Crippen LogP contribution in [-0.4, -0.2) is 30.0 Å². The van der Waals surface area contributed by atoms with E-state index < -0.39 is 0 Å². The number of methoxy groups -OCH3 is 1. The van der Waals surface area contributed by atoms with Crippen molar-refractivity contribution in [3.8, 4) is 0 Å². The number of nitrogens with zero attached hydrogens (tertiary/aromatic N) is 1. The molecule has 0 saturated heterocycles. The molecule has 0 fully saturated rings. The zero-order valence-electron chi connectivity index (χ0n) is 7.29. The van der Waals surface area contributed by atoms with Crippen LogP contribution in [-0.2, 0) is 4.74 Å². The van der Waals surface area contributed by atoms with Gasteiger partial charge in [0.05, 0.1) is 18.5 Å². The molecule has 0 aromatic carbocycles. The summed E-state index contributed by atoms with van der Waals surface area (Å²) in [5, 5.41) is 9.57. The van der Waals surface area contributed by atoms with Crippen molar-refractivity contribution in [3.63, 3.8) is 0 Å². The summed E-state index contributed by atoms with van der Waals surface area (Å²) in [4.78, 5) is 0. The second kappa shape index (κ2) is 3.96. The second-order valence-corrected chi connectivity index (χ2v) is 2.70. The third-order valence-electron chi connectivity index (χ3n) is 1.49. The number of aromatic nitrogens is 2. The predicted molar refractivity (Wildman–Crippen MR) is 48.0 cm³/mol. The third kappa shape index (κ3) is 2.13. The maximum atomic E-state index is 5.56. The van der Waals surface area contributed by atoms with Crippen molar-refractivity contribution in [2.75, 3.05) is 24.8 Å². The monoisotopic (exact) mass is 170 g/mol. The molecule has 5 heteroatoms. The first-order valence-electron chi connectivity index (χ1n) is 3.78. The van der Waals surface area contributed by atoms with Gasteiger partial charge in [0.2, 0.25) is 0 Å². The number of nitrogen functional groups attached to an aromatic ring is 1. The van der Waals surface area contributed by atoms with Crippen LogP contribution in [0.15, 0.2) is 6.20 Å². The quantitative estimate of drug-likeness (QED) is 0.612. The van der Waals surface area contributed by atoms with Gasteiger partial charge in [0.25, 0.3) is 0 Å². The molecule has 0 radical (unpaired) electrons. The SMILES string of the molecule is COCC(C)Nc1cn[nH]c1N. The standard InChI is InChI=1S/C7H14N4O/c1-5(4-12-2)10-6-3-9-11-7(6)8/h3,5,10H,4H2,1-2H3,(H3,8,9,11). The molecule has 0 spiro atoms. The molecule has 0 saturated carbocycles. The lowest BCUT2D eigenvalue weighted by molar-refractivity contribution is 0.190. The van der Waals surface area contributed by atoms with Gasteiger partial charge < -0.3 is 15.8 Å². The third-order valence-corrected chi connectivity index (χ3v) is 1.49. The Labute approximate surface area is 71.3 Å². The lowest BCUT2D eigenvalue weighted by Gasteiger charge is -2.12. The minimum absolute atomic E-state index is 0.231. The fourth-order valence-electron chi connectivity index (χ4n) is 0.968. The zero-order chi connectivity index (χ0) is 8.97. The van der Waals surface area contributed by atoms with E-state index >= 15 is 0 Å². The average molecular weight is 170 g/mol. The molecule has 12 heavy (non-hydrogen) atoms. The Morgan fingerprint density at radius 3 is 3.08 bits per heavy atom. The molecule has 68 valence electrons. The summed E-state index contributed by atoms with van der Waals surface area (Å²) >= 11 is 0. The van der Waals surface area contributed by atoms with Gasteiger partial charge in [0, 0.05) is 13.2 Å². The van der Waals surface area contributed by atoms with Crippen LogP contribution in [0.1, 0.15) is 6.92 Å². The molecule has 5 nitrogen and oxygen atoms in total. The van der Waals surface area contributed by atoms with Crippen molar-refractivity contribution in [1.29, 1.82) is 0 Å². The van der Waals surface area contributed by atoms with Crippen molar-refractivity contribution >= 4 is 11.5 Å². The van der Waals surface area contributed by atoms with E-state index in [4.69, 9.17) is 10.5 Å². The number of rotatable bonds is 4. The van der Waals surface area contributed by atoms with Crippen LogP contribution in [0.25, 0.3) is 0 Å². The number of hydrogen-bond acceptors (Lipinski definition) is 4. The van der Waals surface area contributed by atoms with Crippen LogP contribution in [0, 0.1) is 0 Å². The molecule has 1 unspecified atom stereocenters. The first kappa shape index (κ1) is 8.86. The topological polar surface area (TPSA) is 76.0 Å². The molecular formula is C7H14N4O. The molecule has 0 aliphatic heterocycles. The van der Waals surface area contributed by atoms with E-state index in [1.165, 1.54) is 0 Å². The molecular weight excluding hydrogens is 156 g/mol. The summed E-state index contributed by atoms with van der Waals surface area (Å²) in [7, 11) is 1.66. The highest BCUT2D eigenvalue weighted by Gasteiger charge is 2.04. The van der Waals surface area contributed by atoms with Gasteiger partial charge in [-0.15, -0.1) is 0 Å². The zero-order valence-corrected chi connectivity index (χ0v) is 7.29. The lowest BCUT2D eigenvalue weighted by atomic mass is 10.3. The summed E-state index contributed by atoms with van der Waals surface area (Å²) in [5.74, 6) is 0.554. The van der Waals surface area contributed by atoms with Crippen LogP contribution < -0.4 is 11.1 Å². The Morgan fingerprint density at radius 2 is 2.58 bits per heavy atom. The smallest absolute Gasteiger partial charge is 0.142 e. The van der Waals surface area contributed by atoms with E-state index in [-0.39, 0.29) is 6.04 Å². The first-order valence-corrected chi connectivity index (χ1v) is 3.78. The Balaban J connectivity index is 2.46. The fraction of sp³-hybridized carbons (Fsp3) is 0.571. The van der Waals surface area contributed by atoms with Crippen LogP contribution >= 0.6 is 0 Å². The van der Waals surface area contributed by atoms with Crippen LogP contribution in [0.5, 0.6) is 0 Å². The van der Waals surface area contributed by atoms with Gasteiger partial charge in [-0.25, -0.2) is 0 Å². The van der Waals surface area contributed by atoms with Gasteiger partial charge in [-0.1, -0.05) is 0 Å². The maximum Gasteiger partial charge on any atom is 0.142 e. The molecule has 1 aromatic rings. The molecule has 1 atom stereocenters. The second-order valence-electron chi connectivity index (χ2n) is 2.70. The highest BCUT2D eigenvalue weighted by Crippen LogP contribution is 2.13. The van der Waals surface area contributed by atoms with Gasteiger partial charge in [0.1, 0.15) is 5.82 Å². The number of H-pyrrole nitrogens is 1. The summed E-state index contributed by atoms with van der Waals surface area (Å²) in [6, 6.07) is 0.231. The van der Waals surface area contributed by atoms with Crippen molar-refractivity contribution < 1.29 is 4.74 Å². The van der Waals surface area contributed by atoms with Gasteiger partial charge in [0.15, 0.2) is 0 Å². The molecule has 1 rings (SSSR count). The summed E-state index contributed by atoms with van der Waals surface area (Å²) < 4.78 is 4.96. The number of hydrogen-bond donors (Lipinski definition) is 3. The Bertz CT molecular complexity index is 235.